The molecule has 0 radical (unpaired) electrons. The van der Waals surface area contributed by atoms with E-state index in [0.717, 1.165) is 11.3 Å². The molecular weight excluding hydrogens is 440 g/mol. The monoisotopic (exact) mass is 466 g/mol. The molecule has 172 valence electrons. The highest BCUT2D eigenvalue weighted by Crippen LogP contribution is 2.22. The maximum Gasteiger partial charge on any atom is 0.331 e. The van der Waals surface area contributed by atoms with Crippen molar-refractivity contribution in [3.8, 4) is 0 Å². The summed E-state index contributed by atoms with van der Waals surface area (Å²) in [7, 11) is 3.87. The van der Waals surface area contributed by atoms with Gasteiger partial charge in [0.05, 0.1) is 12.2 Å². The molecule has 1 aromatic heterocycles. The molecular formula is C25H27ClN4O3. The highest BCUT2D eigenvalue weighted by atomic mass is 35.5. The molecule has 0 unspecified atom stereocenters. The molecule has 33 heavy (non-hydrogen) atoms. The Labute approximate surface area is 198 Å². The molecule has 0 aliphatic heterocycles. The van der Waals surface area contributed by atoms with Crippen molar-refractivity contribution in [1.29, 1.82) is 0 Å². The number of benzene rings is 2. The van der Waals surface area contributed by atoms with Crippen LogP contribution in [0.1, 0.15) is 22.4 Å². The molecule has 0 spiro atoms. The summed E-state index contributed by atoms with van der Waals surface area (Å²) < 4.78 is 6.72. The van der Waals surface area contributed by atoms with Crippen molar-refractivity contribution in [2.45, 2.75) is 20.4 Å². The molecule has 3 aromatic rings. The summed E-state index contributed by atoms with van der Waals surface area (Å²) in [6.07, 6.45) is 2.79. The van der Waals surface area contributed by atoms with Crippen molar-refractivity contribution in [1.82, 2.24) is 9.78 Å². The highest BCUT2D eigenvalue weighted by molar-refractivity contribution is 6.31. The predicted molar refractivity (Wildman–Crippen MR) is 132 cm³/mol. The van der Waals surface area contributed by atoms with E-state index in [4.69, 9.17) is 16.3 Å². The zero-order valence-corrected chi connectivity index (χ0v) is 19.9. The fourth-order valence-electron chi connectivity index (χ4n) is 3.10. The van der Waals surface area contributed by atoms with Crippen LogP contribution in [0.25, 0.3) is 6.08 Å². The van der Waals surface area contributed by atoms with E-state index in [1.807, 2.05) is 69.2 Å². The van der Waals surface area contributed by atoms with Crippen LogP contribution < -0.4 is 10.2 Å². The van der Waals surface area contributed by atoms with Gasteiger partial charge in [-0.05, 0) is 49.8 Å². The van der Waals surface area contributed by atoms with E-state index in [1.165, 1.54) is 11.6 Å². The van der Waals surface area contributed by atoms with Crippen LogP contribution in [0.4, 0.5) is 11.4 Å². The van der Waals surface area contributed by atoms with Crippen molar-refractivity contribution in [2.24, 2.45) is 0 Å². The van der Waals surface area contributed by atoms with Gasteiger partial charge in [0.2, 0.25) is 0 Å². The summed E-state index contributed by atoms with van der Waals surface area (Å²) in [6, 6.07) is 15.5. The Hall–Kier alpha value is -3.58. The minimum atomic E-state index is -0.644. The molecule has 0 fully saturated rings. The van der Waals surface area contributed by atoms with Gasteiger partial charge in [-0.2, -0.15) is 5.10 Å². The number of halogens is 1. The first kappa shape index (κ1) is 24.1. The maximum atomic E-state index is 12.1. The number of rotatable bonds is 8. The molecule has 8 heteroatoms. The number of aromatic nitrogens is 2. The van der Waals surface area contributed by atoms with E-state index in [1.54, 1.807) is 22.9 Å². The fraction of sp³-hybridized carbons (Fsp3) is 0.240. The van der Waals surface area contributed by atoms with E-state index < -0.39 is 18.5 Å². The van der Waals surface area contributed by atoms with Crippen molar-refractivity contribution >= 4 is 40.9 Å². The maximum absolute atomic E-state index is 12.1. The first-order valence-corrected chi connectivity index (χ1v) is 10.8. The van der Waals surface area contributed by atoms with Gasteiger partial charge in [-0.25, -0.2) is 9.48 Å². The Kier molecular flexibility index (Phi) is 7.90. The minimum absolute atomic E-state index is 0.391. The second-order valence-corrected chi connectivity index (χ2v) is 8.22. The fourth-order valence-corrected chi connectivity index (χ4v) is 3.40. The molecule has 2 aromatic carbocycles. The molecule has 0 bridgehead atoms. The number of ether oxygens (including phenoxy) is 1. The first-order valence-electron chi connectivity index (χ1n) is 10.4. The van der Waals surface area contributed by atoms with E-state index >= 15 is 0 Å². The third-order valence-corrected chi connectivity index (χ3v) is 5.36. The highest BCUT2D eigenvalue weighted by Gasteiger charge is 2.12. The second-order valence-electron chi connectivity index (χ2n) is 7.86. The number of hydrogen-bond acceptors (Lipinski definition) is 5. The van der Waals surface area contributed by atoms with Crippen molar-refractivity contribution in [3.63, 3.8) is 0 Å². The van der Waals surface area contributed by atoms with Gasteiger partial charge in [0.1, 0.15) is 5.15 Å². The van der Waals surface area contributed by atoms with Gasteiger partial charge in [0, 0.05) is 37.1 Å². The third-order valence-electron chi connectivity index (χ3n) is 4.96. The summed E-state index contributed by atoms with van der Waals surface area (Å²) in [4.78, 5) is 26.1. The SMILES string of the molecule is Cc1ccc(Cn2nc(C)c(/C=C/C(=O)OCC(=O)Nc3ccc(N(C)C)cc3)c2Cl)cc1. The molecule has 0 atom stereocenters. The van der Waals surface area contributed by atoms with Crippen molar-refractivity contribution in [3.05, 3.63) is 82.1 Å². The van der Waals surface area contributed by atoms with E-state index in [0.29, 0.717) is 28.6 Å². The molecule has 0 saturated carbocycles. The summed E-state index contributed by atoms with van der Waals surface area (Å²) >= 11 is 6.47. The van der Waals surface area contributed by atoms with Gasteiger partial charge in [-0.3, -0.25) is 4.79 Å². The number of nitrogens with zero attached hydrogens (tertiary/aromatic N) is 3. The summed E-state index contributed by atoms with van der Waals surface area (Å²) in [6.45, 7) is 3.98. The minimum Gasteiger partial charge on any atom is -0.452 e. The summed E-state index contributed by atoms with van der Waals surface area (Å²) in [5.74, 6) is -1.07. The van der Waals surface area contributed by atoms with Gasteiger partial charge in [-0.1, -0.05) is 41.4 Å². The molecule has 0 aliphatic carbocycles. The topological polar surface area (TPSA) is 76.5 Å². The van der Waals surface area contributed by atoms with Crippen LogP contribution in [-0.4, -0.2) is 42.4 Å². The standard InChI is InChI=1S/C25H27ClN4O3/c1-17-5-7-19(8-6-17)15-30-25(26)22(18(2)28-30)13-14-24(32)33-16-23(31)27-20-9-11-21(12-10-20)29(3)4/h5-14H,15-16H2,1-4H3,(H,27,31)/b14-13+. The Balaban J connectivity index is 1.54. The third kappa shape index (κ3) is 6.70. The van der Waals surface area contributed by atoms with Crippen LogP contribution in [0.15, 0.2) is 54.6 Å². The van der Waals surface area contributed by atoms with Crippen LogP contribution >= 0.6 is 11.6 Å². The Morgan fingerprint density at radius 2 is 1.76 bits per heavy atom. The van der Waals surface area contributed by atoms with Crippen LogP contribution in [0.3, 0.4) is 0 Å². The average molecular weight is 467 g/mol. The lowest BCUT2D eigenvalue weighted by atomic mass is 10.1. The molecule has 0 aliphatic rings. The van der Waals surface area contributed by atoms with Crippen LogP contribution in [0.5, 0.6) is 0 Å². The van der Waals surface area contributed by atoms with Crippen LogP contribution in [-0.2, 0) is 20.9 Å². The molecule has 1 N–H and O–H groups in total. The van der Waals surface area contributed by atoms with E-state index in [-0.39, 0.29) is 0 Å². The lowest BCUT2D eigenvalue weighted by molar-refractivity contribution is -0.142. The zero-order valence-electron chi connectivity index (χ0n) is 19.1. The lowest BCUT2D eigenvalue weighted by Crippen LogP contribution is -2.20. The number of carbonyl (C=O) groups is 2. The van der Waals surface area contributed by atoms with Gasteiger partial charge >= 0.3 is 5.97 Å². The molecule has 1 amide bonds. The first-order chi connectivity index (χ1) is 15.7. The smallest absolute Gasteiger partial charge is 0.331 e. The molecule has 3 rings (SSSR count). The lowest BCUT2D eigenvalue weighted by Gasteiger charge is -2.13. The number of amides is 1. The largest absolute Gasteiger partial charge is 0.452 e. The molecule has 0 saturated heterocycles. The van der Waals surface area contributed by atoms with Gasteiger partial charge < -0.3 is 15.0 Å². The zero-order chi connectivity index (χ0) is 24.0. The van der Waals surface area contributed by atoms with Crippen LogP contribution in [0, 0.1) is 13.8 Å². The average Bonchev–Trinajstić information content (AvgIpc) is 3.05. The molecule has 1 heterocycles. The van der Waals surface area contributed by atoms with Gasteiger partial charge in [-0.15, -0.1) is 0 Å². The number of nitrogens with one attached hydrogen (secondary N) is 1. The predicted octanol–water partition coefficient (Wildman–Crippen LogP) is 4.46. The Bertz CT molecular complexity index is 1150. The van der Waals surface area contributed by atoms with Crippen LogP contribution in [0.2, 0.25) is 5.15 Å². The van der Waals surface area contributed by atoms with Crippen molar-refractivity contribution < 1.29 is 14.3 Å². The van der Waals surface area contributed by atoms with Gasteiger partial charge in [0.15, 0.2) is 6.61 Å². The second kappa shape index (κ2) is 10.8. The number of hydrogen-bond donors (Lipinski definition) is 1. The quantitative estimate of drug-likeness (QED) is 0.391. The normalized spacial score (nSPS) is 10.9. The van der Waals surface area contributed by atoms with Crippen molar-refractivity contribution in [2.75, 3.05) is 30.9 Å². The number of esters is 1. The van der Waals surface area contributed by atoms with Gasteiger partial charge in [0.25, 0.3) is 5.91 Å². The number of carbonyl (C=O) groups excluding carboxylic acids is 2. The number of anilines is 2. The summed E-state index contributed by atoms with van der Waals surface area (Å²) in [5, 5.41) is 7.58. The van der Waals surface area contributed by atoms with E-state index in [2.05, 4.69) is 10.4 Å². The summed E-state index contributed by atoms with van der Waals surface area (Å²) in [5.41, 5.74) is 5.21. The molecule has 7 nitrogen and oxygen atoms in total. The van der Waals surface area contributed by atoms with E-state index in [9.17, 15) is 9.59 Å². The Morgan fingerprint density at radius 3 is 2.39 bits per heavy atom. The number of aryl methyl sites for hydroxylation is 2. The Morgan fingerprint density at radius 1 is 1.09 bits per heavy atom.